The van der Waals surface area contributed by atoms with E-state index in [1.54, 1.807) is 0 Å². The maximum atomic E-state index is 6.45. The van der Waals surface area contributed by atoms with Crippen LogP contribution in [0.25, 0.3) is 0 Å². The Labute approximate surface area is 103 Å². The summed E-state index contributed by atoms with van der Waals surface area (Å²) in [6.45, 7) is 2.19. The van der Waals surface area contributed by atoms with E-state index in [2.05, 4.69) is 18.4 Å². The molecule has 2 heteroatoms. The lowest BCUT2D eigenvalue weighted by molar-refractivity contribution is 0.329. The zero-order chi connectivity index (χ0) is 11.4. The Bertz CT molecular complexity index is 310. The minimum atomic E-state index is 0.290. The lowest BCUT2D eigenvalue weighted by atomic mass is 9.85. The molecule has 0 spiro atoms. The van der Waals surface area contributed by atoms with Crippen molar-refractivity contribution >= 4 is 11.3 Å². The fraction of sp³-hybridized carbons (Fsp3) is 0.714. The third-order valence-corrected chi connectivity index (χ3v) is 4.98. The van der Waals surface area contributed by atoms with Gasteiger partial charge in [-0.15, -0.1) is 11.3 Å². The van der Waals surface area contributed by atoms with E-state index in [-0.39, 0.29) is 6.04 Å². The molecule has 90 valence electrons. The van der Waals surface area contributed by atoms with Crippen molar-refractivity contribution in [2.45, 2.75) is 57.9 Å². The van der Waals surface area contributed by atoms with Crippen LogP contribution in [0.2, 0.25) is 0 Å². The maximum absolute atomic E-state index is 6.45. The van der Waals surface area contributed by atoms with E-state index in [1.807, 2.05) is 11.3 Å². The molecule has 1 atom stereocenters. The predicted molar refractivity (Wildman–Crippen MR) is 71.8 cm³/mol. The summed E-state index contributed by atoms with van der Waals surface area (Å²) in [4.78, 5) is 1.42. The van der Waals surface area contributed by atoms with Crippen LogP contribution in [0.1, 0.15) is 61.4 Å². The summed E-state index contributed by atoms with van der Waals surface area (Å²) in [6.07, 6.45) is 9.67. The van der Waals surface area contributed by atoms with Crippen LogP contribution >= 0.6 is 11.3 Å². The van der Waals surface area contributed by atoms with Crippen molar-refractivity contribution in [3.05, 3.63) is 21.9 Å². The van der Waals surface area contributed by atoms with Gasteiger partial charge in [0.15, 0.2) is 0 Å². The van der Waals surface area contributed by atoms with Gasteiger partial charge < -0.3 is 5.73 Å². The molecule has 1 unspecified atom stereocenters. The summed E-state index contributed by atoms with van der Waals surface area (Å²) in [6, 6.07) is 2.49. The number of nitrogens with two attached hydrogens (primary N) is 1. The molecule has 0 amide bonds. The molecule has 1 aliphatic carbocycles. The topological polar surface area (TPSA) is 26.0 Å². The molecule has 2 N–H and O–H groups in total. The van der Waals surface area contributed by atoms with Gasteiger partial charge in [0.25, 0.3) is 0 Å². The molecule has 0 aliphatic heterocycles. The van der Waals surface area contributed by atoms with Gasteiger partial charge >= 0.3 is 0 Å². The third kappa shape index (κ3) is 2.86. The first-order valence-electron chi connectivity index (χ1n) is 6.58. The van der Waals surface area contributed by atoms with Gasteiger partial charge in [-0.1, -0.05) is 32.1 Å². The van der Waals surface area contributed by atoms with E-state index in [0.29, 0.717) is 0 Å². The van der Waals surface area contributed by atoms with Crippen molar-refractivity contribution in [2.24, 2.45) is 11.7 Å². The van der Waals surface area contributed by atoms with Crippen molar-refractivity contribution in [2.75, 3.05) is 0 Å². The summed E-state index contributed by atoms with van der Waals surface area (Å²) >= 11 is 1.84. The van der Waals surface area contributed by atoms with Crippen molar-refractivity contribution in [1.29, 1.82) is 0 Å². The average molecular weight is 237 g/mol. The number of hydrogen-bond donors (Lipinski definition) is 1. The van der Waals surface area contributed by atoms with Gasteiger partial charge in [0.05, 0.1) is 0 Å². The number of aryl methyl sites for hydroxylation is 1. The second-order valence-electron chi connectivity index (χ2n) is 5.10. The van der Waals surface area contributed by atoms with Crippen molar-refractivity contribution in [3.8, 4) is 0 Å². The van der Waals surface area contributed by atoms with E-state index in [9.17, 15) is 0 Å². The van der Waals surface area contributed by atoms with Crippen LogP contribution < -0.4 is 5.73 Å². The second-order valence-corrected chi connectivity index (χ2v) is 6.05. The first kappa shape index (κ1) is 12.1. The molecule has 1 fully saturated rings. The summed E-state index contributed by atoms with van der Waals surface area (Å²) < 4.78 is 0. The zero-order valence-electron chi connectivity index (χ0n) is 10.2. The van der Waals surface area contributed by atoms with Gasteiger partial charge in [0.2, 0.25) is 0 Å². The second kappa shape index (κ2) is 5.83. The standard InChI is InChI=1S/C14H23NS/c1-11-9-10-16-14(11)13(15)12-7-5-3-2-4-6-8-12/h9-10,12-13H,2-8,15H2,1H3. The highest BCUT2D eigenvalue weighted by Crippen LogP contribution is 2.34. The monoisotopic (exact) mass is 237 g/mol. The molecule has 0 bridgehead atoms. The van der Waals surface area contributed by atoms with Gasteiger partial charge in [0, 0.05) is 10.9 Å². The average Bonchev–Trinajstić information content (AvgIpc) is 2.63. The zero-order valence-corrected chi connectivity index (χ0v) is 11.1. The molecule has 1 aliphatic rings. The van der Waals surface area contributed by atoms with E-state index in [4.69, 9.17) is 5.73 Å². The smallest absolute Gasteiger partial charge is 0.0421 e. The number of hydrogen-bond acceptors (Lipinski definition) is 2. The quantitative estimate of drug-likeness (QED) is 0.809. The minimum Gasteiger partial charge on any atom is -0.323 e. The van der Waals surface area contributed by atoms with E-state index >= 15 is 0 Å². The van der Waals surface area contributed by atoms with Crippen LogP contribution in [0.5, 0.6) is 0 Å². The predicted octanol–water partition coefficient (Wildman–Crippen LogP) is 4.42. The van der Waals surface area contributed by atoms with Gasteiger partial charge in [-0.3, -0.25) is 0 Å². The Kier molecular flexibility index (Phi) is 4.42. The fourth-order valence-corrected chi connectivity index (χ4v) is 3.81. The highest BCUT2D eigenvalue weighted by atomic mass is 32.1. The molecule has 0 saturated heterocycles. The molecular weight excluding hydrogens is 214 g/mol. The number of rotatable bonds is 2. The highest BCUT2D eigenvalue weighted by molar-refractivity contribution is 7.10. The molecule has 0 aromatic carbocycles. The summed E-state index contributed by atoms with van der Waals surface area (Å²) in [5, 5.41) is 2.17. The molecule has 1 nitrogen and oxygen atoms in total. The van der Waals surface area contributed by atoms with Gasteiger partial charge in [0.1, 0.15) is 0 Å². The molecule has 1 heterocycles. The van der Waals surface area contributed by atoms with E-state index in [1.165, 1.54) is 55.4 Å². The minimum absolute atomic E-state index is 0.290. The Morgan fingerprint density at radius 1 is 1.19 bits per heavy atom. The van der Waals surface area contributed by atoms with Crippen LogP contribution in [0.4, 0.5) is 0 Å². The first-order valence-corrected chi connectivity index (χ1v) is 7.46. The SMILES string of the molecule is Cc1ccsc1C(N)C1CCCCCCC1. The molecule has 1 aromatic heterocycles. The van der Waals surface area contributed by atoms with Gasteiger partial charge in [-0.2, -0.15) is 0 Å². The maximum Gasteiger partial charge on any atom is 0.0421 e. The number of thiophene rings is 1. The van der Waals surface area contributed by atoms with Crippen LogP contribution in [-0.4, -0.2) is 0 Å². The Hall–Kier alpha value is -0.340. The first-order chi connectivity index (χ1) is 7.79. The summed E-state index contributed by atoms with van der Waals surface area (Å²) in [7, 11) is 0. The lowest BCUT2D eigenvalue weighted by Gasteiger charge is -2.25. The Morgan fingerprint density at radius 2 is 1.81 bits per heavy atom. The Balaban J connectivity index is 2.02. The van der Waals surface area contributed by atoms with Crippen molar-refractivity contribution in [1.82, 2.24) is 0 Å². The molecule has 1 aromatic rings. The molecular formula is C14H23NS. The normalized spacial score (nSPS) is 21.4. The largest absolute Gasteiger partial charge is 0.323 e. The summed E-state index contributed by atoms with van der Waals surface area (Å²) in [5.41, 5.74) is 7.83. The van der Waals surface area contributed by atoms with E-state index in [0.717, 1.165) is 5.92 Å². The van der Waals surface area contributed by atoms with Crippen LogP contribution in [0, 0.1) is 12.8 Å². The molecule has 0 radical (unpaired) electrons. The fourth-order valence-electron chi connectivity index (χ4n) is 2.79. The summed E-state index contributed by atoms with van der Waals surface area (Å²) in [5.74, 6) is 0.720. The highest BCUT2D eigenvalue weighted by Gasteiger charge is 2.22. The van der Waals surface area contributed by atoms with Crippen LogP contribution in [0.3, 0.4) is 0 Å². The third-order valence-electron chi connectivity index (χ3n) is 3.86. The van der Waals surface area contributed by atoms with Crippen LogP contribution in [-0.2, 0) is 0 Å². The molecule has 2 rings (SSSR count). The van der Waals surface area contributed by atoms with Crippen LogP contribution in [0.15, 0.2) is 11.4 Å². The van der Waals surface area contributed by atoms with Crippen molar-refractivity contribution < 1.29 is 0 Å². The van der Waals surface area contributed by atoms with E-state index < -0.39 is 0 Å². The van der Waals surface area contributed by atoms with Gasteiger partial charge in [-0.05, 0) is 42.7 Å². The van der Waals surface area contributed by atoms with Crippen molar-refractivity contribution in [3.63, 3.8) is 0 Å². The van der Waals surface area contributed by atoms with Gasteiger partial charge in [-0.25, -0.2) is 0 Å². The molecule has 1 saturated carbocycles. The lowest BCUT2D eigenvalue weighted by Crippen LogP contribution is -2.22. The molecule has 16 heavy (non-hydrogen) atoms. The Morgan fingerprint density at radius 3 is 2.38 bits per heavy atom.